The zero-order valence-corrected chi connectivity index (χ0v) is 9.73. The maximum absolute atomic E-state index is 12.2. The van der Waals surface area contributed by atoms with Crippen LogP contribution in [-0.2, 0) is 0 Å². The van der Waals surface area contributed by atoms with E-state index in [2.05, 4.69) is 24.0 Å². The molecule has 0 aromatic carbocycles. The number of nitrogens with one attached hydrogen (secondary N) is 1. The largest absolute Gasteiger partial charge is 0.382 e. The first-order valence-electron chi connectivity index (χ1n) is 5.71. The Balaban J connectivity index is 2.15. The molecule has 0 spiro atoms. The van der Waals surface area contributed by atoms with E-state index >= 15 is 0 Å². The van der Waals surface area contributed by atoms with Crippen LogP contribution in [0.5, 0.6) is 0 Å². The number of anilines is 1. The Bertz CT molecular complexity index is 385. The van der Waals surface area contributed by atoms with Crippen molar-refractivity contribution < 1.29 is 4.79 Å². The summed E-state index contributed by atoms with van der Waals surface area (Å²) in [4.78, 5) is 14.1. The van der Waals surface area contributed by atoms with Crippen LogP contribution in [0.3, 0.4) is 0 Å². The lowest BCUT2D eigenvalue weighted by atomic mass is 10.0. The first-order valence-corrected chi connectivity index (χ1v) is 5.71. The van der Waals surface area contributed by atoms with Crippen molar-refractivity contribution in [2.24, 2.45) is 5.92 Å². The van der Waals surface area contributed by atoms with Gasteiger partial charge in [-0.1, -0.05) is 13.8 Å². The minimum Gasteiger partial charge on any atom is -0.382 e. The molecule has 1 aromatic rings. The monoisotopic (exact) mass is 222 g/mol. The standard InChI is InChI=1S/C11H18N4O/c1-7(2)9-4-3-5-15(9)11(16)8-6-10(12)14-13-8/h6-7,9H,3-5H2,1-2H3,(H3,12,13,14). The molecule has 1 amide bonds. The minimum atomic E-state index is 0.0143. The molecule has 88 valence electrons. The molecule has 3 N–H and O–H groups in total. The van der Waals surface area contributed by atoms with Crippen molar-refractivity contribution in [3.05, 3.63) is 11.8 Å². The lowest BCUT2D eigenvalue weighted by Gasteiger charge is -2.27. The topological polar surface area (TPSA) is 75.0 Å². The lowest BCUT2D eigenvalue weighted by Crippen LogP contribution is -2.38. The van der Waals surface area contributed by atoms with Gasteiger partial charge in [-0.2, -0.15) is 5.10 Å². The van der Waals surface area contributed by atoms with Crippen molar-refractivity contribution in [1.29, 1.82) is 0 Å². The quantitative estimate of drug-likeness (QED) is 0.790. The number of aromatic amines is 1. The van der Waals surface area contributed by atoms with Crippen molar-refractivity contribution in [2.75, 3.05) is 12.3 Å². The third-order valence-electron chi connectivity index (χ3n) is 3.16. The Morgan fingerprint density at radius 2 is 2.44 bits per heavy atom. The van der Waals surface area contributed by atoms with E-state index in [0.717, 1.165) is 19.4 Å². The highest BCUT2D eigenvalue weighted by atomic mass is 16.2. The molecule has 0 radical (unpaired) electrons. The van der Waals surface area contributed by atoms with Crippen molar-refractivity contribution >= 4 is 11.7 Å². The second-order valence-corrected chi connectivity index (χ2v) is 4.66. The molecular formula is C11H18N4O. The molecule has 1 unspecified atom stereocenters. The Morgan fingerprint density at radius 3 is 3.00 bits per heavy atom. The molecule has 0 aliphatic carbocycles. The Labute approximate surface area is 95.0 Å². The molecule has 1 saturated heterocycles. The van der Waals surface area contributed by atoms with E-state index in [9.17, 15) is 4.79 Å². The number of nitrogens with zero attached hydrogens (tertiary/aromatic N) is 2. The maximum atomic E-state index is 12.2. The number of carbonyl (C=O) groups is 1. The van der Waals surface area contributed by atoms with Crippen LogP contribution >= 0.6 is 0 Å². The fraction of sp³-hybridized carbons (Fsp3) is 0.636. The molecule has 16 heavy (non-hydrogen) atoms. The first kappa shape index (κ1) is 11.0. The molecular weight excluding hydrogens is 204 g/mol. The predicted molar refractivity (Wildman–Crippen MR) is 61.9 cm³/mol. The summed E-state index contributed by atoms with van der Waals surface area (Å²) >= 11 is 0. The molecule has 1 aromatic heterocycles. The van der Waals surface area contributed by atoms with Crippen LogP contribution in [-0.4, -0.2) is 33.6 Å². The maximum Gasteiger partial charge on any atom is 0.272 e. The number of H-pyrrole nitrogens is 1. The summed E-state index contributed by atoms with van der Waals surface area (Å²) in [5.41, 5.74) is 5.99. The highest BCUT2D eigenvalue weighted by molar-refractivity contribution is 5.93. The van der Waals surface area contributed by atoms with Gasteiger partial charge < -0.3 is 10.6 Å². The van der Waals surface area contributed by atoms with Gasteiger partial charge in [0.1, 0.15) is 11.5 Å². The number of aromatic nitrogens is 2. The smallest absolute Gasteiger partial charge is 0.272 e. The van der Waals surface area contributed by atoms with E-state index in [4.69, 9.17) is 5.73 Å². The van der Waals surface area contributed by atoms with Gasteiger partial charge in [0.15, 0.2) is 0 Å². The summed E-state index contributed by atoms with van der Waals surface area (Å²) in [6, 6.07) is 1.94. The number of rotatable bonds is 2. The highest BCUT2D eigenvalue weighted by Gasteiger charge is 2.31. The molecule has 2 rings (SSSR count). The minimum absolute atomic E-state index is 0.0143. The lowest BCUT2D eigenvalue weighted by molar-refractivity contribution is 0.0695. The summed E-state index contributed by atoms with van der Waals surface area (Å²) in [7, 11) is 0. The molecule has 0 saturated carbocycles. The van der Waals surface area contributed by atoms with E-state index in [1.165, 1.54) is 0 Å². The number of carbonyl (C=O) groups excluding carboxylic acids is 1. The number of hydrogen-bond donors (Lipinski definition) is 2. The van der Waals surface area contributed by atoms with E-state index in [1.54, 1.807) is 6.07 Å². The summed E-state index contributed by atoms with van der Waals surface area (Å²) in [5.74, 6) is 0.871. The van der Waals surface area contributed by atoms with Crippen molar-refractivity contribution in [2.45, 2.75) is 32.7 Å². The van der Waals surface area contributed by atoms with Gasteiger partial charge in [-0.05, 0) is 18.8 Å². The third kappa shape index (κ3) is 1.89. The van der Waals surface area contributed by atoms with Crippen LogP contribution in [0.15, 0.2) is 6.07 Å². The number of hydrogen-bond acceptors (Lipinski definition) is 3. The van der Waals surface area contributed by atoms with Gasteiger partial charge in [-0.25, -0.2) is 0 Å². The molecule has 1 aliphatic rings. The van der Waals surface area contributed by atoms with Crippen LogP contribution in [0, 0.1) is 5.92 Å². The van der Waals surface area contributed by atoms with Crippen LogP contribution in [0.4, 0.5) is 5.82 Å². The van der Waals surface area contributed by atoms with Gasteiger partial charge in [0.2, 0.25) is 0 Å². The van der Waals surface area contributed by atoms with Crippen molar-refractivity contribution in [3.8, 4) is 0 Å². The summed E-state index contributed by atoms with van der Waals surface area (Å²) in [5, 5.41) is 6.46. The Hall–Kier alpha value is -1.52. The zero-order valence-electron chi connectivity index (χ0n) is 9.73. The van der Waals surface area contributed by atoms with E-state index in [-0.39, 0.29) is 5.91 Å². The zero-order chi connectivity index (χ0) is 11.7. The second kappa shape index (κ2) is 4.15. The molecule has 1 aliphatic heterocycles. The number of nitrogens with two attached hydrogens (primary N) is 1. The average molecular weight is 222 g/mol. The first-order chi connectivity index (χ1) is 7.59. The van der Waals surface area contributed by atoms with E-state index < -0.39 is 0 Å². The van der Waals surface area contributed by atoms with Crippen LogP contribution in [0.2, 0.25) is 0 Å². The molecule has 5 heteroatoms. The summed E-state index contributed by atoms with van der Waals surface area (Å²) in [6.07, 6.45) is 2.17. The molecule has 1 fully saturated rings. The second-order valence-electron chi connectivity index (χ2n) is 4.66. The Morgan fingerprint density at radius 1 is 1.69 bits per heavy atom. The summed E-state index contributed by atoms with van der Waals surface area (Å²) in [6.45, 7) is 5.13. The van der Waals surface area contributed by atoms with E-state index in [1.807, 2.05) is 4.90 Å². The van der Waals surface area contributed by atoms with Gasteiger partial charge in [-0.3, -0.25) is 9.89 Å². The predicted octanol–water partition coefficient (Wildman–Crippen LogP) is 1.25. The van der Waals surface area contributed by atoms with Crippen LogP contribution in [0.1, 0.15) is 37.2 Å². The SMILES string of the molecule is CC(C)C1CCCN1C(=O)c1cc(N)n[nH]1. The van der Waals surface area contributed by atoms with Gasteiger partial charge in [0.05, 0.1) is 0 Å². The van der Waals surface area contributed by atoms with Crippen LogP contribution in [0.25, 0.3) is 0 Å². The number of amides is 1. The van der Waals surface area contributed by atoms with Crippen LogP contribution < -0.4 is 5.73 Å². The summed E-state index contributed by atoms with van der Waals surface area (Å²) < 4.78 is 0. The van der Waals surface area contributed by atoms with Crippen molar-refractivity contribution in [1.82, 2.24) is 15.1 Å². The van der Waals surface area contributed by atoms with Gasteiger partial charge in [-0.15, -0.1) is 0 Å². The van der Waals surface area contributed by atoms with Gasteiger partial charge >= 0.3 is 0 Å². The number of likely N-dealkylation sites (tertiary alicyclic amines) is 1. The number of nitrogen functional groups attached to an aromatic ring is 1. The average Bonchev–Trinajstić information content (AvgIpc) is 2.84. The molecule has 2 heterocycles. The molecule has 1 atom stereocenters. The van der Waals surface area contributed by atoms with Gasteiger partial charge in [0, 0.05) is 18.7 Å². The van der Waals surface area contributed by atoms with Crippen molar-refractivity contribution in [3.63, 3.8) is 0 Å². The normalized spacial score (nSPS) is 20.7. The molecule has 0 bridgehead atoms. The Kier molecular flexibility index (Phi) is 2.85. The third-order valence-corrected chi connectivity index (χ3v) is 3.16. The molecule has 5 nitrogen and oxygen atoms in total. The highest BCUT2D eigenvalue weighted by Crippen LogP contribution is 2.25. The van der Waals surface area contributed by atoms with Gasteiger partial charge in [0.25, 0.3) is 5.91 Å². The fourth-order valence-electron chi connectivity index (χ4n) is 2.34. The fourth-order valence-corrected chi connectivity index (χ4v) is 2.34. The van der Waals surface area contributed by atoms with E-state index in [0.29, 0.717) is 23.5 Å².